The average molecular weight is 275 g/mol. The third kappa shape index (κ3) is 2.21. The van der Waals surface area contributed by atoms with Crippen LogP contribution in [0.3, 0.4) is 0 Å². The molecular weight excluding hydrogens is 262 g/mol. The van der Waals surface area contributed by atoms with Crippen molar-refractivity contribution in [1.82, 2.24) is 4.90 Å². The van der Waals surface area contributed by atoms with Crippen molar-refractivity contribution >= 4 is 23.0 Å². The number of hydrogen-bond donors (Lipinski definition) is 0. The zero-order chi connectivity index (χ0) is 13.2. The van der Waals surface area contributed by atoms with Gasteiger partial charge in [0, 0.05) is 6.54 Å². The Morgan fingerprint density at radius 3 is 2.89 bits per heavy atom. The summed E-state index contributed by atoms with van der Waals surface area (Å²) in [4.78, 5) is 27.0. The maximum absolute atomic E-state index is 12.4. The van der Waals surface area contributed by atoms with Gasteiger partial charge in [0.1, 0.15) is 0 Å². The normalized spacial score (nSPS) is 18.7. The maximum Gasteiger partial charge on any atom is 0.290 e. The minimum atomic E-state index is -0.351. The number of Topliss-reactive ketones (excluding diaryl/α,β-unsaturated/α-hetero) is 1. The highest BCUT2D eigenvalue weighted by Crippen LogP contribution is 2.25. The summed E-state index contributed by atoms with van der Waals surface area (Å²) in [5, 5.41) is 1.88. The Balaban J connectivity index is 1.82. The second-order valence-corrected chi connectivity index (χ2v) is 5.42. The van der Waals surface area contributed by atoms with Gasteiger partial charge in [-0.15, -0.1) is 11.3 Å². The monoisotopic (exact) mass is 275 g/mol. The zero-order valence-corrected chi connectivity index (χ0v) is 11.1. The Labute approximate surface area is 114 Å². The summed E-state index contributed by atoms with van der Waals surface area (Å²) in [7, 11) is 0. The number of hydrogen-bond acceptors (Lipinski definition) is 4. The van der Waals surface area contributed by atoms with Gasteiger partial charge < -0.3 is 9.32 Å². The molecule has 2 aromatic heterocycles. The van der Waals surface area contributed by atoms with Gasteiger partial charge in [-0.3, -0.25) is 9.59 Å². The summed E-state index contributed by atoms with van der Waals surface area (Å²) < 4.78 is 5.13. The molecule has 3 heterocycles. The van der Waals surface area contributed by atoms with Crippen LogP contribution in [-0.2, 0) is 0 Å². The van der Waals surface area contributed by atoms with E-state index in [-0.39, 0.29) is 17.7 Å². The average Bonchev–Trinajstić information content (AvgIpc) is 3.16. The first kappa shape index (κ1) is 12.2. The van der Waals surface area contributed by atoms with Crippen LogP contribution >= 0.6 is 11.3 Å². The number of rotatable bonds is 3. The summed E-state index contributed by atoms with van der Waals surface area (Å²) in [6.07, 6.45) is 3.05. The molecule has 2 aromatic rings. The van der Waals surface area contributed by atoms with E-state index >= 15 is 0 Å². The summed E-state index contributed by atoms with van der Waals surface area (Å²) in [6, 6.07) is 6.62. The summed E-state index contributed by atoms with van der Waals surface area (Å²) in [6.45, 7) is 0.612. The van der Waals surface area contributed by atoms with Crippen LogP contribution in [0, 0.1) is 0 Å². The molecule has 0 bridgehead atoms. The molecule has 1 atom stereocenters. The minimum Gasteiger partial charge on any atom is -0.459 e. The second kappa shape index (κ2) is 5.01. The molecule has 98 valence electrons. The quantitative estimate of drug-likeness (QED) is 0.809. The van der Waals surface area contributed by atoms with Crippen molar-refractivity contribution in [3.8, 4) is 0 Å². The largest absolute Gasteiger partial charge is 0.459 e. The number of carbonyl (C=O) groups excluding carboxylic acids is 2. The fourth-order valence-corrected chi connectivity index (χ4v) is 3.12. The van der Waals surface area contributed by atoms with Gasteiger partial charge in [0.05, 0.1) is 17.2 Å². The van der Waals surface area contributed by atoms with E-state index in [4.69, 9.17) is 4.42 Å². The molecule has 1 aliphatic rings. The van der Waals surface area contributed by atoms with Gasteiger partial charge in [0.2, 0.25) is 0 Å². The van der Waals surface area contributed by atoms with Crippen LogP contribution in [0.4, 0.5) is 0 Å². The molecule has 0 aliphatic carbocycles. The van der Waals surface area contributed by atoms with E-state index in [9.17, 15) is 9.59 Å². The van der Waals surface area contributed by atoms with Crippen LogP contribution in [0.25, 0.3) is 0 Å². The SMILES string of the molecule is O=C(c1cccs1)C1CCCN1C(=O)c1ccco1. The first-order valence-corrected chi connectivity index (χ1v) is 7.07. The van der Waals surface area contributed by atoms with E-state index in [1.807, 2.05) is 11.4 Å². The van der Waals surface area contributed by atoms with Crippen LogP contribution in [-0.4, -0.2) is 29.2 Å². The molecular formula is C14H13NO3S. The Morgan fingerprint density at radius 1 is 1.32 bits per heavy atom. The van der Waals surface area contributed by atoms with Crippen molar-refractivity contribution in [3.05, 3.63) is 46.5 Å². The van der Waals surface area contributed by atoms with E-state index in [0.29, 0.717) is 17.2 Å². The van der Waals surface area contributed by atoms with Gasteiger partial charge >= 0.3 is 0 Å². The lowest BCUT2D eigenvalue weighted by Crippen LogP contribution is -2.40. The molecule has 19 heavy (non-hydrogen) atoms. The standard InChI is InChI=1S/C14H13NO3S/c16-13(12-6-3-9-19-12)10-4-1-7-15(10)14(17)11-5-2-8-18-11/h2-3,5-6,8-10H,1,4,7H2. The molecule has 0 spiro atoms. The number of nitrogens with zero attached hydrogens (tertiary/aromatic N) is 1. The molecule has 0 radical (unpaired) electrons. The smallest absolute Gasteiger partial charge is 0.290 e. The number of amides is 1. The highest BCUT2D eigenvalue weighted by atomic mass is 32.1. The number of furan rings is 1. The van der Waals surface area contributed by atoms with Gasteiger partial charge in [-0.05, 0) is 36.4 Å². The van der Waals surface area contributed by atoms with Crippen LogP contribution in [0.5, 0.6) is 0 Å². The summed E-state index contributed by atoms with van der Waals surface area (Å²) in [5.74, 6) is 0.135. The predicted octanol–water partition coefficient (Wildman–Crippen LogP) is 2.83. The molecule has 1 aliphatic heterocycles. The van der Waals surface area contributed by atoms with Crippen molar-refractivity contribution < 1.29 is 14.0 Å². The molecule has 3 rings (SSSR count). The summed E-state index contributed by atoms with van der Waals surface area (Å²) in [5.41, 5.74) is 0. The number of thiophene rings is 1. The lowest BCUT2D eigenvalue weighted by atomic mass is 10.1. The number of ketones is 1. The van der Waals surface area contributed by atoms with E-state index < -0.39 is 0 Å². The van der Waals surface area contributed by atoms with Crippen LogP contribution in [0.1, 0.15) is 33.1 Å². The number of likely N-dealkylation sites (tertiary alicyclic amines) is 1. The van der Waals surface area contributed by atoms with Gasteiger partial charge in [-0.1, -0.05) is 6.07 Å². The number of carbonyl (C=O) groups is 2. The van der Waals surface area contributed by atoms with Crippen LogP contribution in [0.2, 0.25) is 0 Å². The highest BCUT2D eigenvalue weighted by Gasteiger charge is 2.36. The lowest BCUT2D eigenvalue weighted by molar-refractivity contribution is 0.0649. The molecule has 0 aromatic carbocycles. The van der Waals surface area contributed by atoms with Crippen LogP contribution < -0.4 is 0 Å². The molecule has 4 nitrogen and oxygen atoms in total. The fourth-order valence-electron chi connectivity index (χ4n) is 2.41. The molecule has 0 saturated carbocycles. The lowest BCUT2D eigenvalue weighted by Gasteiger charge is -2.22. The molecule has 1 fully saturated rings. The Bertz CT molecular complexity index is 522. The van der Waals surface area contributed by atoms with Crippen molar-refractivity contribution in [2.45, 2.75) is 18.9 Å². The Kier molecular flexibility index (Phi) is 3.21. The van der Waals surface area contributed by atoms with Crippen molar-refractivity contribution in [1.29, 1.82) is 0 Å². The van der Waals surface area contributed by atoms with Gasteiger partial charge in [-0.2, -0.15) is 0 Å². The first-order valence-electron chi connectivity index (χ1n) is 6.19. The highest BCUT2D eigenvalue weighted by molar-refractivity contribution is 7.12. The fraction of sp³-hybridized carbons (Fsp3) is 0.286. The van der Waals surface area contributed by atoms with Crippen LogP contribution in [0.15, 0.2) is 40.3 Å². The Morgan fingerprint density at radius 2 is 2.21 bits per heavy atom. The van der Waals surface area contributed by atoms with E-state index in [2.05, 4.69) is 0 Å². The zero-order valence-electron chi connectivity index (χ0n) is 10.2. The topological polar surface area (TPSA) is 50.5 Å². The maximum atomic E-state index is 12.4. The van der Waals surface area contributed by atoms with Crippen molar-refractivity contribution in [3.63, 3.8) is 0 Å². The second-order valence-electron chi connectivity index (χ2n) is 4.48. The van der Waals surface area contributed by atoms with E-state index in [0.717, 1.165) is 12.8 Å². The Hall–Kier alpha value is -1.88. The molecule has 0 N–H and O–H groups in total. The molecule has 1 amide bonds. The predicted molar refractivity (Wildman–Crippen MR) is 71.4 cm³/mol. The summed E-state index contributed by atoms with van der Waals surface area (Å²) >= 11 is 1.42. The third-order valence-electron chi connectivity index (χ3n) is 3.31. The first-order chi connectivity index (χ1) is 9.27. The van der Waals surface area contributed by atoms with E-state index in [1.54, 1.807) is 23.1 Å². The minimum absolute atomic E-state index is 0.0346. The van der Waals surface area contributed by atoms with Crippen molar-refractivity contribution in [2.24, 2.45) is 0 Å². The molecule has 1 saturated heterocycles. The third-order valence-corrected chi connectivity index (χ3v) is 4.20. The van der Waals surface area contributed by atoms with Crippen molar-refractivity contribution in [2.75, 3.05) is 6.54 Å². The van der Waals surface area contributed by atoms with E-state index in [1.165, 1.54) is 17.6 Å². The molecule has 1 unspecified atom stereocenters. The van der Waals surface area contributed by atoms with Gasteiger partial charge in [0.15, 0.2) is 11.5 Å². The van der Waals surface area contributed by atoms with Gasteiger partial charge in [0.25, 0.3) is 5.91 Å². The molecule has 5 heteroatoms. The van der Waals surface area contributed by atoms with Gasteiger partial charge in [-0.25, -0.2) is 0 Å².